The number of hydrogen-bond acceptors (Lipinski definition) is 6. The van der Waals surface area contributed by atoms with Crippen molar-refractivity contribution in [2.75, 3.05) is 13.2 Å². The lowest BCUT2D eigenvalue weighted by Gasteiger charge is -2.08. The fourth-order valence-electron chi connectivity index (χ4n) is 2.46. The van der Waals surface area contributed by atoms with Gasteiger partial charge in [-0.3, -0.25) is 0 Å². The van der Waals surface area contributed by atoms with Crippen LogP contribution >= 0.6 is 0 Å². The Morgan fingerprint density at radius 3 is 1.34 bits per heavy atom. The highest BCUT2D eigenvalue weighted by molar-refractivity contribution is 7.91. The van der Waals surface area contributed by atoms with Gasteiger partial charge in [0.1, 0.15) is 0 Å². The Morgan fingerprint density at radius 2 is 1.03 bits per heavy atom. The van der Waals surface area contributed by atoms with Crippen LogP contribution in [0.2, 0.25) is 0 Å². The minimum atomic E-state index is -3.77. The Balaban J connectivity index is 2.10. The number of unbranched alkanes of at least 4 members (excludes halogenated alkanes) is 2. The number of carbonyl (C=O) groups excluding carboxylic acids is 2. The first-order valence-electron chi connectivity index (χ1n) is 9.69. The number of benzene rings is 2. The van der Waals surface area contributed by atoms with Crippen LogP contribution in [-0.4, -0.2) is 33.6 Å². The van der Waals surface area contributed by atoms with Gasteiger partial charge in [-0.25, -0.2) is 18.0 Å². The summed E-state index contributed by atoms with van der Waals surface area (Å²) < 4.78 is 35.8. The van der Waals surface area contributed by atoms with Gasteiger partial charge in [0, 0.05) is 0 Å². The topological polar surface area (TPSA) is 86.7 Å². The summed E-state index contributed by atoms with van der Waals surface area (Å²) in [5, 5.41) is 0. The molecule has 29 heavy (non-hydrogen) atoms. The molecule has 0 saturated heterocycles. The molecule has 156 valence electrons. The predicted molar refractivity (Wildman–Crippen MR) is 109 cm³/mol. The minimum Gasteiger partial charge on any atom is -0.462 e. The van der Waals surface area contributed by atoms with Crippen LogP contribution in [-0.2, 0) is 19.3 Å². The van der Waals surface area contributed by atoms with Gasteiger partial charge in [0.25, 0.3) is 0 Å². The first-order valence-corrected chi connectivity index (χ1v) is 11.2. The fraction of sp³-hybridized carbons (Fsp3) is 0.364. The van der Waals surface area contributed by atoms with E-state index in [2.05, 4.69) is 0 Å². The van der Waals surface area contributed by atoms with Gasteiger partial charge in [-0.1, -0.05) is 26.7 Å². The maximum absolute atomic E-state index is 12.8. The molecule has 0 aliphatic heterocycles. The summed E-state index contributed by atoms with van der Waals surface area (Å²) in [5.41, 5.74) is 0.593. The van der Waals surface area contributed by atoms with E-state index in [1.54, 1.807) is 0 Å². The number of hydrogen-bond donors (Lipinski definition) is 0. The molecule has 0 fully saturated rings. The van der Waals surface area contributed by atoms with Gasteiger partial charge in [-0.15, -0.1) is 0 Å². The Kier molecular flexibility index (Phi) is 8.39. The minimum absolute atomic E-state index is 0.0564. The molecule has 2 aromatic carbocycles. The van der Waals surface area contributed by atoms with Crippen LogP contribution in [0.25, 0.3) is 0 Å². The first-order chi connectivity index (χ1) is 13.9. The fourth-order valence-corrected chi connectivity index (χ4v) is 3.72. The third kappa shape index (κ3) is 6.15. The molecular formula is C22H26O6S. The molecule has 0 aliphatic carbocycles. The van der Waals surface area contributed by atoms with Crippen molar-refractivity contribution < 1.29 is 27.5 Å². The molecule has 0 saturated carbocycles. The molecule has 0 N–H and O–H groups in total. The zero-order valence-corrected chi connectivity index (χ0v) is 17.5. The molecule has 0 aliphatic rings. The van der Waals surface area contributed by atoms with Gasteiger partial charge in [0.05, 0.1) is 34.1 Å². The third-order valence-electron chi connectivity index (χ3n) is 4.26. The third-order valence-corrected chi connectivity index (χ3v) is 6.05. The number of sulfone groups is 1. The van der Waals surface area contributed by atoms with Crippen LogP contribution in [0.5, 0.6) is 0 Å². The van der Waals surface area contributed by atoms with Crippen molar-refractivity contribution >= 4 is 21.8 Å². The second-order valence-corrected chi connectivity index (χ2v) is 8.48. The van der Waals surface area contributed by atoms with Crippen LogP contribution < -0.4 is 0 Å². The van der Waals surface area contributed by atoms with Crippen LogP contribution in [0, 0.1) is 0 Å². The maximum atomic E-state index is 12.8. The van der Waals surface area contributed by atoms with Crippen molar-refractivity contribution in [1.82, 2.24) is 0 Å². The average molecular weight is 419 g/mol. The van der Waals surface area contributed by atoms with E-state index in [4.69, 9.17) is 9.47 Å². The highest BCUT2D eigenvalue weighted by Gasteiger charge is 2.19. The molecule has 0 aromatic heterocycles. The molecule has 0 heterocycles. The number of rotatable bonds is 10. The molecule has 0 amide bonds. The summed E-state index contributed by atoms with van der Waals surface area (Å²) in [6, 6.07) is 11.2. The summed E-state index contributed by atoms with van der Waals surface area (Å²) in [5.74, 6) is -0.957. The van der Waals surface area contributed by atoms with Gasteiger partial charge in [-0.2, -0.15) is 0 Å². The summed E-state index contributed by atoms with van der Waals surface area (Å²) >= 11 is 0. The SMILES string of the molecule is CCCCOC(=O)c1ccc(S(=O)(=O)c2ccc(C(=O)OCCCC)cc2)cc1. The second-order valence-electron chi connectivity index (χ2n) is 6.53. The summed E-state index contributed by atoms with van der Waals surface area (Å²) in [6.45, 7) is 4.66. The molecular weight excluding hydrogens is 392 g/mol. The zero-order valence-electron chi connectivity index (χ0n) is 16.7. The largest absolute Gasteiger partial charge is 0.462 e. The smallest absolute Gasteiger partial charge is 0.338 e. The van der Waals surface area contributed by atoms with Gasteiger partial charge in [-0.05, 0) is 61.4 Å². The van der Waals surface area contributed by atoms with Crippen molar-refractivity contribution in [3.63, 3.8) is 0 Å². The summed E-state index contributed by atoms with van der Waals surface area (Å²) in [7, 11) is -3.77. The van der Waals surface area contributed by atoms with Crippen LogP contribution in [0.4, 0.5) is 0 Å². The van der Waals surface area contributed by atoms with Crippen molar-refractivity contribution in [2.24, 2.45) is 0 Å². The number of esters is 2. The normalized spacial score (nSPS) is 11.1. The van der Waals surface area contributed by atoms with E-state index in [0.29, 0.717) is 24.3 Å². The Morgan fingerprint density at radius 1 is 0.690 bits per heavy atom. The van der Waals surface area contributed by atoms with Gasteiger partial charge >= 0.3 is 11.9 Å². The Hall–Kier alpha value is -2.67. The molecule has 0 spiro atoms. The lowest BCUT2D eigenvalue weighted by molar-refractivity contribution is 0.0490. The quantitative estimate of drug-likeness (QED) is 0.419. The van der Waals surface area contributed by atoms with E-state index in [1.165, 1.54) is 48.5 Å². The Bertz CT molecular complexity index is 843. The average Bonchev–Trinajstić information content (AvgIpc) is 2.74. The lowest BCUT2D eigenvalue weighted by atomic mass is 10.2. The molecule has 6 nitrogen and oxygen atoms in total. The monoisotopic (exact) mass is 418 g/mol. The van der Waals surface area contributed by atoms with E-state index in [1.807, 2.05) is 13.8 Å². The molecule has 7 heteroatoms. The van der Waals surface area contributed by atoms with Crippen molar-refractivity contribution in [3.8, 4) is 0 Å². The second kappa shape index (κ2) is 10.8. The Labute approximate surface area is 171 Å². The molecule has 0 bridgehead atoms. The van der Waals surface area contributed by atoms with E-state index < -0.39 is 21.8 Å². The van der Waals surface area contributed by atoms with Crippen molar-refractivity contribution in [2.45, 2.75) is 49.3 Å². The number of ether oxygens (including phenoxy) is 2. The summed E-state index contributed by atoms with van der Waals surface area (Å²) in [6.07, 6.45) is 3.39. The predicted octanol–water partition coefficient (Wildman–Crippen LogP) is 4.43. The zero-order chi connectivity index (χ0) is 21.3. The van der Waals surface area contributed by atoms with E-state index in [0.717, 1.165) is 25.7 Å². The van der Waals surface area contributed by atoms with Crippen molar-refractivity contribution in [1.29, 1.82) is 0 Å². The van der Waals surface area contributed by atoms with E-state index >= 15 is 0 Å². The maximum Gasteiger partial charge on any atom is 0.338 e. The van der Waals surface area contributed by atoms with E-state index in [-0.39, 0.29) is 9.79 Å². The lowest BCUT2D eigenvalue weighted by Crippen LogP contribution is -2.08. The van der Waals surface area contributed by atoms with Crippen LogP contribution in [0.15, 0.2) is 58.3 Å². The molecule has 2 aromatic rings. The molecule has 0 unspecified atom stereocenters. The number of carbonyl (C=O) groups is 2. The highest BCUT2D eigenvalue weighted by atomic mass is 32.2. The van der Waals surface area contributed by atoms with Crippen LogP contribution in [0.3, 0.4) is 0 Å². The van der Waals surface area contributed by atoms with Gasteiger partial charge in [0.2, 0.25) is 9.84 Å². The van der Waals surface area contributed by atoms with Crippen molar-refractivity contribution in [3.05, 3.63) is 59.7 Å². The molecule has 0 atom stereocenters. The highest BCUT2D eigenvalue weighted by Crippen LogP contribution is 2.22. The standard InChI is InChI=1S/C22H26O6S/c1-3-5-15-27-21(23)17-7-11-19(12-8-17)29(25,26)20-13-9-18(10-14-20)22(24)28-16-6-4-2/h7-14H,3-6,15-16H2,1-2H3. The first kappa shape index (κ1) is 22.6. The van der Waals surface area contributed by atoms with Gasteiger partial charge < -0.3 is 9.47 Å². The molecule has 2 rings (SSSR count). The molecule has 0 radical (unpaired) electrons. The van der Waals surface area contributed by atoms with Gasteiger partial charge in [0.15, 0.2) is 0 Å². The van der Waals surface area contributed by atoms with E-state index in [9.17, 15) is 18.0 Å². The summed E-state index contributed by atoms with van der Waals surface area (Å²) in [4.78, 5) is 24.0. The van der Waals surface area contributed by atoms with Crippen LogP contribution in [0.1, 0.15) is 60.2 Å².